The number of nitrogens with one attached hydrogen (secondary N) is 3. The summed E-state index contributed by atoms with van der Waals surface area (Å²) in [5.41, 5.74) is 8.21. The lowest BCUT2D eigenvalue weighted by molar-refractivity contribution is -0.137. The van der Waals surface area contributed by atoms with Crippen molar-refractivity contribution in [3.8, 4) is 11.5 Å². The lowest BCUT2D eigenvalue weighted by Gasteiger charge is -2.34. The van der Waals surface area contributed by atoms with Crippen LogP contribution in [-0.4, -0.2) is 129 Å². The molecule has 2 aromatic heterocycles. The molecule has 8 rings (SSSR count). The number of anilines is 3. The lowest BCUT2D eigenvalue weighted by atomic mass is 10.0. The number of nitrogens with two attached hydrogens (primary N) is 1. The van der Waals surface area contributed by atoms with Crippen LogP contribution in [0.4, 0.5) is 17.5 Å². The maximum Gasteiger partial charge on any atom is 0.283 e. The molecule has 4 aliphatic rings. The van der Waals surface area contributed by atoms with Crippen LogP contribution in [0.2, 0.25) is 0 Å². The number of rotatable bonds is 16. The SMILES string of the molecule is COc1c(OCCCN2CCN(CCCCCCC(=O)Nc3cccc4c3C(=O)N(C3CCC(=O)NC3=O)C4)CC2)ccc2c3n(c(=NC(=O)c4cnc(N)nc4)nc12)CCN3. The van der Waals surface area contributed by atoms with Gasteiger partial charge in [-0.2, -0.15) is 4.99 Å². The number of piperidine rings is 1. The van der Waals surface area contributed by atoms with Crippen LogP contribution >= 0.6 is 0 Å². The number of benzene rings is 2. The Morgan fingerprint density at radius 1 is 0.952 bits per heavy atom. The first-order valence-corrected chi connectivity index (χ1v) is 21.3. The molecule has 0 radical (unpaired) electrons. The van der Waals surface area contributed by atoms with E-state index in [4.69, 9.17) is 20.2 Å². The molecule has 0 saturated carbocycles. The van der Waals surface area contributed by atoms with Crippen LogP contribution in [-0.2, 0) is 27.5 Å². The highest BCUT2D eigenvalue weighted by molar-refractivity contribution is 6.09. The van der Waals surface area contributed by atoms with Crippen LogP contribution < -0.4 is 36.8 Å². The standard InChI is InChI=1S/C43H52N12O7/c1-61-37-32(13-11-29-36(37)50-43(54-18-15-45-38(29)54)51-39(58)28-24-46-42(44)47-25-28)62-23-7-17-53-21-19-52(20-22-53)16-5-3-2-4-10-33(56)48-30-9-6-8-27-26-55(41(60)35(27)30)31-12-14-34(57)49-40(31)59/h6,8-9,11,13,24-25,31,45H,2-5,7,10,12,14-23,26H2,1H3,(H,48,56)(H2,44,46,47)(H,49,57,59). The van der Waals surface area contributed by atoms with Gasteiger partial charge >= 0.3 is 0 Å². The highest BCUT2D eigenvalue weighted by atomic mass is 16.5. The second-order valence-corrected chi connectivity index (χ2v) is 15.9. The van der Waals surface area contributed by atoms with Crippen molar-refractivity contribution in [1.82, 2.24) is 39.5 Å². The Hall–Kier alpha value is -6.47. The van der Waals surface area contributed by atoms with E-state index in [-0.39, 0.29) is 47.8 Å². The quantitative estimate of drug-likeness (QED) is 0.0937. The van der Waals surface area contributed by atoms with E-state index in [1.165, 1.54) is 17.3 Å². The number of fused-ring (bicyclic) bond motifs is 4. The van der Waals surface area contributed by atoms with E-state index in [1.54, 1.807) is 19.2 Å². The van der Waals surface area contributed by atoms with Gasteiger partial charge in [0.25, 0.3) is 11.8 Å². The van der Waals surface area contributed by atoms with Crippen LogP contribution in [0.15, 0.2) is 47.7 Å². The smallest absolute Gasteiger partial charge is 0.283 e. The number of methoxy groups -OCH3 is 1. The van der Waals surface area contributed by atoms with Gasteiger partial charge < -0.3 is 40.5 Å². The molecular weight excluding hydrogens is 797 g/mol. The number of hydrogen-bond donors (Lipinski definition) is 4. The third-order valence-electron chi connectivity index (χ3n) is 11.8. The van der Waals surface area contributed by atoms with Gasteiger partial charge in [0, 0.05) is 83.0 Å². The Bertz CT molecular complexity index is 2430. The molecule has 6 heterocycles. The van der Waals surface area contributed by atoms with Gasteiger partial charge in [-0.15, -0.1) is 0 Å². The molecule has 0 spiro atoms. The monoisotopic (exact) mass is 848 g/mol. The zero-order chi connectivity index (χ0) is 43.2. The third kappa shape index (κ3) is 9.37. The number of nitrogens with zero attached hydrogens (tertiary/aromatic N) is 8. The fourth-order valence-corrected chi connectivity index (χ4v) is 8.56. The molecule has 0 bridgehead atoms. The first kappa shape index (κ1) is 42.2. The van der Waals surface area contributed by atoms with Crippen molar-refractivity contribution >= 4 is 57.9 Å². The topological polar surface area (TPSA) is 232 Å². The Kier molecular flexibility index (Phi) is 13.0. The fraction of sp³-hybridized carbons (Fsp3) is 0.465. The van der Waals surface area contributed by atoms with E-state index in [2.05, 4.69) is 40.7 Å². The summed E-state index contributed by atoms with van der Waals surface area (Å²) < 4.78 is 13.9. The molecule has 2 fully saturated rings. The molecular formula is C43H52N12O7. The second kappa shape index (κ2) is 19.1. The third-order valence-corrected chi connectivity index (χ3v) is 11.8. The molecule has 1 unspecified atom stereocenters. The van der Waals surface area contributed by atoms with E-state index in [0.29, 0.717) is 60.8 Å². The first-order chi connectivity index (χ1) is 30.2. The average molecular weight is 849 g/mol. The van der Waals surface area contributed by atoms with Gasteiger partial charge in [0.2, 0.25) is 29.3 Å². The second-order valence-electron chi connectivity index (χ2n) is 15.9. The van der Waals surface area contributed by atoms with Gasteiger partial charge in [-0.1, -0.05) is 25.0 Å². The molecule has 5 N–H and O–H groups in total. The number of aromatic nitrogens is 4. The molecule has 19 heteroatoms. The summed E-state index contributed by atoms with van der Waals surface area (Å²) in [6, 6.07) is 8.50. The number of hydrogen-bond acceptors (Lipinski definition) is 14. The summed E-state index contributed by atoms with van der Waals surface area (Å²) in [7, 11) is 1.58. The van der Waals surface area contributed by atoms with Crippen molar-refractivity contribution in [1.29, 1.82) is 0 Å². The van der Waals surface area contributed by atoms with E-state index in [0.717, 1.165) is 88.1 Å². The number of carbonyl (C=O) groups excluding carboxylic acids is 5. The predicted molar refractivity (Wildman–Crippen MR) is 228 cm³/mol. The van der Waals surface area contributed by atoms with Gasteiger partial charge in [0.05, 0.1) is 30.5 Å². The Morgan fingerprint density at radius 2 is 1.71 bits per heavy atom. The average Bonchev–Trinajstić information content (AvgIpc) is 3.90. The van der Waals surface area contributed by atoms with Crippen molar-refractivity contribution in [3.63, 3.8) is 0 Å². The van der Waals surface area contributed by atoms with E-state index >= 15 is 0 Å². The van der Waals surface area contributed by atoms with Crippen molar-refractivity contribution in [2.75, 3.05) is 75.9 Å². The van der Waals surface area contributed by atoms with Gasteiger partial charge in [0.1, 0.15) is 17.4 Å². The largest absolute Gasteiger partial charge is 0.491 e. The molecule has 62 heavy (non-hydrogen) atoms. The first-order valence-electron chi connectivity index (χ1n) is 21.3. The molecule has 4 aliphatic heterocycles. The van der Waals surface area contributed by atoms with Crippen LogP contribution in [0.5, 0.6) is 11.5 Å². The zero-order valence-corrected chi connectivity index (χ0v) is 34.9. The summed E-state index contributed by atoms with van der Waals surface area (Å²) in [5, 5.41) is 9.47. The minimum atomic E-state index is -0.698. The van der Waals surface area contributed by atoms with Crippen LogP contribution in [0, 0.1) is 0 Å². The number of amides is 5. The van der Waals surface area contributed by atoms with Gasteiger partial charge in [-0.3, -0.25) is 33.9 Å². The van der Waals surface area contributed by atoms with Crippen LogP contribution in [0.1, 0.15) is 77.6 Å². The number of imide groups is 1. The maximum atomic E-state index is 13.3. The molecule has 1 atom stereocenters. The fourth-order valence-electron chi connectivity index (χ4n) is 8.56. The number of ether oxygens (including phenoxy) is 2. The number of nitrogen functional groups attached to an aromatic ring is 1. The number of carbonyl (C=O) groups is 5. The summed E-state index contributed by atoms with van der Waals surface area (Å²) in [4.78, 5) is 86.5. The highest BCUT2D eigenvalue weighted by Crippen LogP contribution is 2.37. The number of unbranched alkanes of at least 4 members (excludes halogenated alkanes) is 3. The lowest BCUT2D eigenvalue weighted by Crippen LogP contribution is -2.52. The summed E-state index contributed by atoms with van der Waals surface area (Å²) in [6.45, 7) is 7.97. The molecule has 0 aliphatic carbocycles. The highest BCUT2D eigenvalue weighted by Gasteiger charge is 2.40. The maximum absolute atomic E-state index is 13.3. The normalized spacial score (nSPS) is 18.1. The van der Waals surface area contributed by atoms with Crippen molar-refractivity contribution in [3.05, 3.63) is 65.0 Å². The zero-order valence-electron chi connectivity index (χ0n) is 34.9. The van der Waals surface area contributed by atoms with Gasteiger partial charge in [-0.25, -0.2) is 15.0 Å². The molecule has 326 valence electrons. The number of piperazine rings is 1. The van der Waals surface area contributed by atoms with Gasteiger partial charge in [0.15, 0.2) is 11.5 Å². The molecule has 19 nitrogen and oxygen atoms in total. The molecule has 4 aromatic rings. The summed E-state index contributed by atoms with van der Waals surface area (Å²) in [5.74, 6) is 0.171. The van der Waals surface area contributed by atoms with E-state index < -0.39 is 17.9 Å². The molecule has 2 saturated heterocycles. The minimum absolute atomic E-state index is 0.0719. The van der Waals surface area contributed by atoms with Crippen molar-refractivity contribution in [2.24, 2.45) is 4.99 Å². The van der Waals surface area contributed by atoms with Crippen molar-refractivity contribution in [2.45, 2.75) is 70.5 Å². The van der Waals surface area contributed by atoms with E-state index in [1.807, 2.05) is 22.8 Å². The van der Waals surface area contributed by atoms with Crippen LogP contribution in [0.3, 0.4) is 0 Å². The predicted octanol–water partition coefficient (Wildman–Crippen LogP) is 2.32. The van der Waals surface area contributed by atoms with E-state index in [9.17, 15) is 24.0 Å². The minimum Gasteiger partial charge on any atom is -0.491 e. The Balaban J connectivity index is 0.734. The van der Waals surface area contributed by atoms with Crippen LogP contribution in [0.25, 0.3) is 10.9 Å². The molecule has 2 aromatic carbocycles. The molecule has 5 amide bonds. The Labute approximate surface area is 358 Å². The summed E-state index contributed by atoms with van der Waals surface area (Å²) >= 11 is 0. The summed E-state index contributed by atoms with van der Waals surface area (Å²) in [6.07, 6.45) is 8.16. The van der Waals surface area contributed by atoms with Crippen molar-refractivity contribution < 1.29 is 33.4 Å². The Morgan fingerprint density at radius 3 is 2.47 bits per heavy atom. The van der Waals surface area contributed by atoms with Gasteiger partial charge in [-0.05, 0) is 56.0 Å².